The van der Waals surface area contributed by atoms with E-state index in [1.165, 1.54) is 12.8 Å². The lowest BCUT2D eigenvalue weighted by Gasteiger charge is -2.16. The molecule has 0 aliphatic rings. The molecule has 1 aromatic heterocycles. The molecule has 21 heavy (non-hydrogen) atoms. The van der Waals surface area contributed by atoms with Crippen LogP contribution in [-0.4, -0.2) is 22.0 Å². The normalized spacial score (nSPS) is 11.5. The van der Waals surface area contributed by atoms with Crippen molar-refractivity contribution in [3.8, 4) is 5.75 Å². The maximum absolute atomic E-state index is 5.96. The van der Waals surface area contributed by atoms with Crippen LogP contribution in [0.1, 0.15) is 39.4 Å². The first-order valence-electron chi connectivity index (χ1n) is 7.91. The predicted molar refractivity (Wildman–Crippen MR) is 89.4 cm³/mol. The molecule has 2 aromatic rings. The molecule has 2 rings (SSSR count). The standard InChI is InChI=1S/C17H25ClN2O/c1-4-13(5-2)12-20-14-8-7-9-15(21-6-3)17(14)19-16(20)10-11-18/h7-9,13H,4-6,10-12H2,1-3H3. The number of nitrogens with zero attached hydrogens (tertiary/aromatic N) is 2. The summed E-state index contributed by atoms with van der Waals surface area (Å²) in [4.78, 5) is 4.80. The Kier molecular flexibility index (Phi) is 5.92. The highest BCUT2D eigenvalue weighted by atomic mass is 35.5. The van der Waals surface area contributed by atoms with Gasteiger partial charge in [0.05, 0.1) is 12.1 Å². The number of ether oxygens (including phenoxy) is 1. The summed E-state index contributed by atoms with van der Waals surface area (Å²) in [6.07, 6.45) is 3.16. The third-order valence-corrected chi connectivity index (χ3v) is 4.22. The maximum Gasteiger partial charge on any atom is 0.147 e. The third-order valence-electron chi connectivity index (χ3n) is 4.03. The number of rotatable bonds is 8. The summed E-state index contributed by atoms with van der Waals surface area (Å²) in [5, 5.41) is 0. The Balaban J connectivity index is 2.49. The quantitative estimate of drug-likeness (QED) is 0.664. The van der Waals surface area contributed by atoms with Crippen molar-refractivity contribution in [1.29, 1.82) is 0 Å². The van der Waals surface area contributed by atoms with Crippen LogP contribution >= 0.6 is 11.6 Å². The van der Waals surface area contributed by atoms with Gasteiger partial charge in [0.25, 0.3) is 0 Å². The van der Waals surface area contributed by atoms with E-state index in [0.717, 1.165) is 35.6 Å². The monoisotopic (exact) mass is 308 g/mol. The van der Waals surface area contributed by atoms with Gasteiger partial charge in [-0.05, 0) is 25.0 Å². The van der Waals surface area contributed by atoms with Crippen molar-refractivity contribution in [3.63, 3.8) is 0 Å². The Morgan fingerprint density at radius 1 is 1.24 bits per heavy atom. The molecule has 0 aliphatic heterocycles. The number of aromatic nitrogens is 2. The molecule has 0 bridgehead atoms. The van der Waals surface area contributed by atoms with Gasteiger partial charge in [0, 0.05) is 18.8 Å². The number of aryl methyl sites for hydroxylation is 1. The summed E-state index contributed by atoms with van der Waals surface area (Å²) in [6.45, 7) is 8.16. The van der Waals surface area contributed by atoms with Crippen LogP contribution in [-0.2, 0) is 13.0 Å². The second-order valence-corrected chi connectivity index (χ2v) is 5.69. The van der Waals surface area contributed by atoms with Gasteiger partial charge >= 0.3 is 0 Å². The first-order chi connectivity index (χ1) is 10.2. The molecule has 3 nitrogen and oxygen atoms in total. The SMILES string of the molecule is CCOc1cccc2c1nc(CCCl)n2CC(CC)CC. The van der Waals surface area contributed by atoms with Crippen molar-refractivity contribution in [2.24, 2.45) is 5.92 Å². The first-order valence-corrected chi connectivity index (χ1v) is 8.45. The van der Waals surface area contributed by atoms with Gasteiger partial charge in [0.15, 0.2) is 0 Å². The van der Waals surface area contributed by atoms with Gasteiger partial charge in [0.2, 0.25) is 0 Å². The van der Waals surface area contributed by atoms with Crippen molar-refractivity contribution in [3.05, 3.63) is 24.0 Å². The number of fused-ring (bicyclic) bond motifs is 1. The summed E-state index contributed by atoms with van der Waals surface area (Å²) < 4.78 is 8.05. The zero-order chi connectivity index (χ0) is 15.2. The second-order valence-electron chi connectivity index (χ2n) is 5.32. The summed E-state index contributed by atoms with van der Waals surface area (Å²) in [5.41, 5.74) is 2.12. The highest BCUT2D eigenvalue weighted by molar-refractivity contribution is 6.17. The minimum atomic E-state index is 0.593. The summed E-state index contributed by atoms with van der Waals surface area (Å²) >= 11 is 5.96. The molecule has 0 N–H and O–H groups in total. The third kappa shape index (κ3) is 3.52. The molecule has 0 saturated heterocycles. The van der Waals surface area contributed by atoms with Gasteiger partial charge in [-0.3, -0.25) is 0 Å². The molecule has 0 spiro atoms. The molecule has 1 heterocycles. The van der Waals surface area contributed by atoms with E-state index in [0.29, 0.717) is 18.4 Å². The number of para-hydroxylation sites is 1. The Morgan fingerprint density at radius 2 is 2.00 bits per heavy atom. The average Bonchev–Trinajstić information content (AvgIpc) is 2.84. The van der Waals surface area contributed by atoms with Gasteiger partial charge in [-0.15, -0.1) is 11.6 Å². The van der Waals surface area contributed by atoms with Gasteiger partial charge < -0.3 is 9.30 Å². The van der Waals surface area contributed by atoms with E-state index >= 15 is 0 Å². The van der Waals surface area contributed by atoms with Crippen LogP contribution in [0.25, 0.3) is 11.0 Å². The van der Waals surface area contributed by atoms with Crippen LogP contribution in [0.5, 0.6) is 5.75 Å². The van der Waals surface area contributed by atoms with Gasteiger partial charge in [0.1, 0.15) is 17.1 Å². The predicted octanol–water partition coefficient (Wildman–Crippen LogP) is 4.65. The van der Waals surface area contributed by atoms with Crippen LogP contribution in [0.4, 0.5) is 0 Å². The number of halogens is 1. The van der Waals surface area contributed by atoms with Gasteiger partial charge in [-0.1, -0.05) is 32.8 Å². The smallest absolute Gasteiger partial charge is 0.147 e. The Bertz CT molecular complexity index is 575. The topological polar surface area (TPSA) is 27.1 Å². The largest absolute Gasteiger partial charge is 0.492 e. The minimum Gasteiger partial charge on any atom is -0.492 e. The van der Waals surface area contributed by atoms with Crippen LogP contribution in [0.3, 0.4) is 0 Å². The van der Waals surface area contributed by atoms with Gasteiger partial charge in [-0.2, -0.15) is 0 Å². The van der Waals surface area contributed by atoms with Crippen molar-refractivity contribution in [1.82, 2.24) is 9.55 Å². The molecule has 0 saturated carbocycles. The average molecular weight is 309 g/mol. The molecule has 0 amide bonds. The minimum absolute atomic E-state index is 0.593. The molecule has 0 aliphatic carbocycles. The Labute approximate surface area is 132 Å². The van der Waals surface area contributed by atoms with E-state index < -0.39 is 0 Å². The van der Waals surface area contributed by atoms with Crippen LogP contribution < -0.4 is 4.74 Å². The number of hydrogen-bond acceptors (Lipinski definition) is 2. The van der Waals surface area contributed by atoms with Crippen LogP contribution in [0, 0.1) is 5.92 Å². The molecule has 4 heteroatoms. The van der Waals surface area contributed by atoms with Crippen molar-refractivity contribution in [2.45, 2.75) is 46.6 Å². The molecule has 116 valence electrons. The zero-order valence-corrected chi connectivity index (χ0v) is 14.0. The lowest BCUT2D eigenvalue weighted by Crippen LogP contribution is -2.12. The molecule has 1 aromatic carbocycles. The highest BCUT2D eigenvalue weighted by Crippen LogP contribution is 2.28. The molecular weight excluding hydrogens is 284 g/mol. The zero-order valence-electron chi connectivity index (χ0n) is 13.2. The van der Waals surface area contributed by atoms with E-state index in [1.807, 2.05) is 19.1 Å². The van der Waals surface area contributed by atoms with Crippen molar-refractivity contribution in [2.75, 3.05) is 12.5 Å². The first kappa shape index (κ1) is 16.2. The van der Waals surface area contributed by atoms with Crippen LogP contribution in [0.15, 0.2) is 18.2 Å². The number of imidazole rings is 1. The number of hydrogen-bond donors (Lipinski definition) is 0. The van der Waals surface area contributed by atoms with Crippen molar-refractivity contribution < 1.29 is 4.74 Å². The summed E-state index contributed by atoms with van der Waals surface area (Å²) in [6, 6.07) is 6.17. The van der Waals surface area contributed by atoms with Crippen LogP contribution in [0.2, 0.25) is 0 Å². The fraction of sp³-hybridized carbons (Fsp3) is 0.588. The maximum atomic E-state index is 5.96. The lowest BCUT2D eigenvalue weighted by atomic mass is 10.0. The molecular formula is C17H25ClN2O. The van der Waals surface area contributed by atoms with E-state index in [4.69, 9.17) is 21.3 Å². The van der Waals surface area contributed by atoms with Gasteiger partial charge in [-0.25, -0.2) is 4.98 Å². The fourth-order valence-electron chi connectivity index (χ4n) is 2.73. The lowest BCUT2D eigenvalue weighted by molar-refractivity contribution is 0.343. The Hall–Kier alpha value is -1.22. The van der Waals surface area contributed by atoms with E-state index in [-0.39, 0.29) is 0 Å². The second kappa shape index (κ2) is 7.69. The summed E-state index contributed by atoms with van der Waals surface area (Å²) in [5.74, 6) is 3.20. The summed E-state index contributed by atoms with van der Waals surface area (Å²) in [7, 11) is 0. The fourth-order valence-corrected chi connectivity index (χ4v) is 2.89. The Morgan fingerprint density at radius 3 is 2.62 bits per heavy atom. The molecule has 0 unspecified atom stereocenters. The highest BCUT2D eigenvalue weighted by Gasteiger charge is 2.16. The number of alkyl halides is 1. The molecule has 0 atom stereocenters. The van der Waals surface area contributed by atoms with E-state index in [2.05, 4.69) is 24.5 Å². The van der Waals surface area contributed by atoms with E-state index in [1.54, 1.807) is 0 Å². The molecule has 0 radical (unpaired) electrons. The van der Waals surface area contributed by atoms with E-state index in [9.17, 15) is 0 Å². The molecule has 0 fully saturated rings. The van der Waals surface area contributed by atoms with Crippen molar-refractivity contribution >= 4 is 22.6 Å². The number of benzene rings is 1.